The molecule has 56 valence electrons. The van der Waals surface area contributed by atoms with Gasteiger partial charge in [-0.25, -0.2) is 4.39 Å². The van der Waals surface area contributed by atoms with Gasteiger partial charge in [0.05, 0.1) is 0 Å². The first-order chi connectivity index (χ1) is 3.84. The van der Waals surface area contributed by atoms with Gasteiger partial charge in [-0.15, -0.1) is 12.4 Å². The van der Waals surface area contributed by atoms with Gasteiger partial charge in [0, 0.05) is 25.6 Å². The summed E-state index contributed by atoms with van der Waals surface area (Å²) in [5.41, 5.74) is 0. The zero-order valence-electron chi connectivity index (χ0n) is 5.01. The molecular weight excluding hydrogens is 145 g/mol. The van der Waals surface area contributed by atoms with Crippen LogP contribution in [0.15, 0.2) is 0 Å². The molecule has 1 aliphatic heterocycles. The summed E-state index contributed by atoms with van der Waals surface area (Å²) in [4.78, 5) is 0. The normalized spacial score (nSPS) is 34.0. The molecule has 2 N–H and O–H groups in total. The summed E-state index contributed by atoms with van der Waals surface area (Å²) in [6.45, 7) is 0.997. The molecule has 0 aromatic heterocycles. The van der Waals surface area contributed by atoms with E-state index in [1.165, 1.54) is 0 Å². The van der Waals surface area contributed by atoms with Crippen LogP contribution in [-0.2, 0) is 0 Å². The molecule has 1 rings (SSSR count). The van der Waals surface area contributed by atoms with Crippen molar-refractivity contribution in [2.24, 2.45) is 5.92 Å². The predicted octanol–water partition coefficient (Wildman–Crippen LogP) is -0.0420. The highest BCUT2D eigenvalue weighted by molar-refractivity contribution is 5.85. The van der Waals surface area contributed by atoms with E-state index in [2.05, 4.69) is 5.32 Å². The zero-order chi connectivity index (χ0) is 5.98. The fourth-order valence-corrected chi connectivity index (χ4v) is 0.880. The SMILES string of the molecule is Cl.OCC1CNCC1F. The van der Waals surface area contributed by atoms with E-state index >= 15 is 0 Å². The van der Waals surface area contributed by atoms with Crippen molar-refractivity contribution in [2.75, 3.05) is 19.7 Å². The molecule has 0 saturated carbocycles. The van der Waals surface area contributed by atoms with Crippen molar-refractivity contribution in [1.82, 2.24) is 5.32 Å². The molecule has 2 atom stereocenters. The van der Waals surface area contributed by atoms with Crippen LogP contribution in [0.2, 0.25) is 0 Å². The first-order valence-electron chi connectivity index (χ1n) is 2.80. The van der Waals surface area contributed by atoms with Crippen LogP contribution >= 0.6 is 12.4 Å². The molecule has 0 bridgehead atoms. The van der Waals surface area contributed by atoms with Gasteiger partial charge >= 0.3 is 0 Å². The van der Waals surface area contributed by atoms with Gasteiger partial charge in [0.2, 0.25) is 0 Å². The number of rotatable bonds is 1. The minimum Gasteiger partial charge on any atom is -0.396 e. The Morgan fingerprint density at radius 3 is 2.44 bits per heavy atom. The Labute approximate surface area is 59.9 Å². The summed E-state index contributed by atoms with van der Waals surface area (Å²) in [7, 11) is 0. The number of hydrogen-bond donors (Lipinski definition) is 2. The number of nitrogens with one attached hydrogen (secondary N) is 1. The van der Waals surface area contributed by atoms with E-state index in [0.717, 1.165) is 0 Å². The number of aliphatic hydroxyl groups is 1. The monoisotopic (exact) mass is 155 g/mol. The van der Waals surface area contributed by atoms with Gasteiger partial charge in [0.1, 0.15) is 6.17 Å². The van der Waals surface area contributed by atoms with Gasteiger partial charge in [0.25, 0.3) is 0 Å². The van der Waals surface area contributed by atoms with E-state index in [-0.39, 0.29) is 24.9 Å². The molecule has 0 aromatic rings. The van der Waals surface area contributed by atoms with Crippen molar-refractivity contribution in [1.29, 1.82) is 0 Å². The Balaban J connectivity index is 0.000000640. The molecular formula is C5H11ClFNO. The first-order valence-corrected chi connectivity index (χ1v) is 2.80. The average molecular weight is 156 g/mol. The molecule has 1 fully saturated rings. The Kier molecular flexibility index (Phi) is 4.10. The van der Waals surface area contributed by atoms with Crippen LogP contribution in [0.25, 0.3) is 0 Å². The van der Waals surface area contributed by atoms with Crippen LogP contribution in [0, 0.1) is 5.92 Å². The molecule has 4 heteroatoms. The fourth-order valence-electron chi connectivity index (χ4n) is 0.880. The van der Waals surface area contributed by atoms with E-state index in [4.69, 9.17) is 5.11 Å². The van der Waals surface area contributed by atoms with Gasteiger partial charge in [-0.3, -0.25) is 0 Å². The highest BCUT2D eigenvalue weighted by Gasteiger charge is 2.25. The average Bonchev–Trinajstić information content (AvgIpc) is 2.14. The Bertz CT molecular complexity index is 83.4. The second-order valence-electron chi connectivity index (χ2n) is 2.12. The number of hydrogen-bond acceptors (Lipinski definition) is 2. The lowest BCUT2D eigenvalue weighted by molar-refractivity contribution is 0.175. The quantitative estimate of drug-likeness (QED) is 0.557. The third-order valence-electron chi connectivity index (χ3n) is 1.49. The van der Waals surface area contributed by atoms with Gasteiger partial charge in [-0.2, -0.15) is 0 Å². The number of halogens is 2. The van der Waals surface area contributed by atoms with Crippen molar-refractivity contribution in [3.63, 3.8) is 0 Å². The molecule has 9 heavy (non-hydrogen) atoms. The maximum absolute atomic E-state index is 12.4. The van der Waals surface area contributed by atoms with Crippen LogP contribution in [-0.4, -0.2) is 31.0 Å². The maximum Gasteiger partial charge on any atom is 0.119 e. The standard InChI is InChI=1S/C5H10FNO.ClH/c6-5-2-7-1-4(5)3-8;/h4-5,7-8H,1-3H2;1H. The molecule has 0 aromatic carbocycles. The highest BCUT2D eigenvalue weighted by Crippen LogP contribution is 2.10. The molecule has 0 aliphatic carbocycles. The minimum absolute atomic E-state index is 0. The van der Waals surface area contributed by atoms with Crippen LogP contribution in [0.4, 0.5) is 4.39 Å². The van der Waals surface area contributed by atoms with Crippen molar-refractivity contribution < 1.29 is 9.50 Å². The van der Waals surface area contributed by atoms with Crippen LogP contribution in [0.1, 0.15) is 0 Å². The van der Waals surface area contributed by atoms with Gasteiger partial charge in [-0.1, -0.05) is 0 Å². The molecule has 1 heterocycles. The Morgan fingerprint density at radius 2 is 2.22 bits per heavy atom. The topological polar surface area (TPSA) is 32.3 Å². The third kappa shape index (κ3) is 2.08. The maximum atomic E-state index is 12.4. The van der Waals surface area contributed by atoms with Gasteiger partial charge < -0.3 is 10.4 Å². The van der Waals surface area contributed by atoms with Gasteiger partial charge in [0.15, 0.2) is 0 Å². The van der Waals surface area contributed by atoms with Crippen LogP contribution < -0.4 is 5.32 Å². The molecule has 0 radical (unpaired) electrons. The lowest BCUT2D eigenvalue weighted by Gasteiger charge is -2.04. The fraction of sp³-hybridized carbons (Fsp3) is 1.00. The van der Waals surface area contributed by atoms with Crippen molar-refractivity contribution in [3.05, 3.63) is 0 Å². The largest absolute Gasteiger partial charge is 0.396 e. The third-order valence-corrected chi connectivity index (χ3v) is 1.49. The highest BCUT2D eigenvalue weighted by atomic mass is 35.5. The van der Waals surface area contributed by atoms with Crippen LogP contribution in [0.5, 0.6) is 0 Å². The zero-order valence-corrected chi connectivity index (χ0v) is 5.83. The van der Waals surface area contributed by atoms with E-state index in [1.807, 2.05) is 0 Å². The number of alkyl halides is 1. The molecule has 2 unspecified atom stereocenters. The summed E-state index contributed by atoms with van der Waals surface area (Å²) in [5.74, 6) is -0.157. The summed E-state index contributed by atoms with van der Waals surface area (Å²) in [6.07, 6.45) is -0.833. The second-order valence-corrected chi connectivity index (χ2v) is 2.12. The molecule has 1 aliphatic rings. The Hall–Kier alpha value is 0.140. The van der Waals surface area contributed by atoms with E-state index in [1.54, 1.807) is 0 Å². The molecule has 0 spiro atoms. The summed E-state index contributed by atoms with van der Waals surface area (Å²) in [6, 6.07) is 0. The minimum atomic E-state index is -0.833. The molecule has 0 amide bonds. The second kappa shape index (κ2) is 4.04. The van der Waals surface area contributed by atoms with Crippen molar-refractivity contribution in [2.45, 2.75) is 6.17 Å². The summed E-state index contributed by atoms with van der Waals surface area (Å²) >= 11 is 0. The summed E-state index contributed by atoms with van der Waals surface area (Å²) in [5, 5.41) is 11.3. The van der Waals surface area contributed by atoms with E-state index in [9.17, 15) is 4.39 Å². The lowest BCUT2D eigenvalue weighted by Crippen LogP contribution is -2.16. The first kappa shape index (κ1) is 9.14. The Morgan fingerprint density at radius 1 is 1.56 bits per heavy atom. The molecule has 2 nitrogen and oxygen atoms in total. The van der Waals surface area contributed by atoms with E-state index < -0.39 is 6.17 Å². The van der Waals surface area contributed by atoms with Crippen LogP contribution in [0.3, 0.4) is 0 Å². The van der Waals surface area contributed by atoms with Crippen molar-refractivity contribution >= 4 is 12.4 Å². The van der Waals surface area contributed by atoms with Gasteiger partial charge in [-0.05, 0) is 0 Å². The van der Waals surface area contributed by atoms with Crippen molar-refractivity contribution in [3.8, 4) is 0 Å². The predicted molar refractivity (Wildman–Crippen MR) is 35.6 cm³/mol. The van der Waals surface area contributed by atoms with E-state index in [0.29, 0.717) is 13.1 Å². The number of aliphatic hydroxyl groups excluding tert-OH is 1. The molecule has 1 saturated heterocycles. The smallest absolute Gasteiger partial charge is 0.119 e. The lowest BCUT2D eigenvalue weighted by atomic mass is 10.1. The summed E-state index contributed by atoms with van der Waals surface area (Å²) < 4.78 is 12.4.